The van der Waals surface area contributed by atoms with Crippen molar-refractivity contribution < 1.29 is 4.39 Å². The van der Waals surface area contributed by atoms with Gasteiger partial charge < -0.3 is 5.32 Å². The molecule has 2 aromatic carbocycles. The second kappa shape index (κ2) is 7.11. The minimum atomic E-state index is -0.215. The first-order valence-electron chi connectivity index (χ1n) is 6.57. The van der Waals surface area contributed by atoms with Crippen molar-refractivity contribution in [3.8, 4) is 0 Å². The van der Waals surface area contributed by atoms with Crippen molar-refractivity contribution in [2.24, 2.45) is 0 Å². The molecule has 0 aromatic heterocycles. The Hall–Kier alpha value is -1.03. The van der Waals surface area contributed by atoms with Crippen LogP contribution < -0.4 is 5.32 Å². The summed E-state index contributed by atoms with van der Waals surface area (Å²) < 4.78 is 13.5. The van der Waals surface area contributed by atoms with Gasteiger partial charge in [-0.2, -0.15) is 0 Å². The van der Waals surface area contributed by atoms with Gasteiger partial charge in [-0.15, -0.1) is 0 Å². The van der Waals surface area contributed by atoms with Gasteiger partial charge in [-0.25, -0.2) is 4.39 Å². The maximum absolute atomic E-state index is 13.5. The fourth-order valence-corrected chi connectivity index (χ4v) is 3.30. The highest BCUT2D eigenvalue weighted by atomic mass is 35.5. The van der Waals surface area contributed by atoms with Crippen LogP contribution in [0.5, 0.6) is 0 Å². The van der Waals surface area contributed by atoms with E-state index in [1.54, 1.807) is 17.8 Å². The molecule has 1 unspecified atom stereocenters. The lowest BCUT2D eigenvalue weighted by molar-refractivity contribution is 0.574. The number of hydrogen-bond donors (Lipinski definition) is 1. The van der Waals surface area contributed by atoms with Crippen LogP contribution >= 0.6 is 23.4 Å². The normalized spacial score (nSPS) is 12.4. The molecule has 0 radical (unpaired) electrons. The van der Waals surface area contributed by atoms with Crippen LogP contribution in [0.2, 0.25) is 5.02 Å². The van der Waals surface area contributed by atoms with Crippen LogP contribution in [0.4, 0.5) is 4.39 Å². The van der Waals surface area contributed by atoms with Gasteiger partial charge in [0.05, 0.1) is 5.02 Å². The Labute approximate surface area is 128 Å². The Balaban J connectivity index is 2.34. The summed E-state index contributed by atoms with van der Waals surface area (Å²) in [4.78, 5) is 2.00. The van der Waals surface area contributed by atoms with E-state index in [9.17, 15) is 4.39 Å². The summed E-state index contributed by atoms with van der Waals surface area (Å²) in [6, 6.07) is 12.7. The SMILES string of the molecule is CCNC(C)c1cc(F)ccc1Sc1ccccc1Cl. The Morgan fingerprint density at radius 2 is 1.95 bits per heavy atom. The van der Waals surface area contributed by atoms with Gasteiger partial charge in [0.1, 0.15) is 5.82 Å². The number of hydrogen-bond acceptors (Lipinski definition) is 2. The molecule has 0 bridgehead atoms. The van der Waals surface area contributed by atoms with Crippen molar-refractivity contribution >= 4 is 23.4 Å². The van der Waals surface area contributed by atoms with Crippen molar-refractivity contribution in [3.05, 3.63) is 58.9 Å². The molecule has 0 spiro atoms. The Morgan fingerprint density at radius 1 is 1.20 bits per heavy atom. The molecule has 0 aliphatic rings. The topological polar surface area (TPSA) is 12.0 Å². The van der Waals surface area contributed by atoms with Crippen LogP contribution in [0.25, 0.3) is 0 Å². The molecule has 0 saturated carbocycles. The third kappa shape index (κ3) is 3.75. The maximum Gasteiger partial charge on any atom is 0.123 e. The molecule has 1 N–H and O–H groups in total. The fraction of sp³-hybridized carbons (Fsp3) is 0.250. The third-order valence-corrected chi connectivity index (χ3v) is 4.61. The van der Waals surface area contributed by atoms with E-state index >= 15 is 0 Å². The molecular formula is C16H17ClFNS. The van der Waals surface area contributed by atoms with Crippen LogP contribution in [0.1, 0.15) is 25.5 Å². The lowest BCUT2D eigenvalue weighted by atomic mass is 10.1. The number of benzene rings is 2. The average molecular weight is 310 g/mol. The lowest BCUT2D eigenvalue weighted by Crippen LogP contribution is -2.18. The van der Waals surface area contributed by atoms with Gasteiger partial charge in [0.15, 0.2) is 0 Å². The quantitative estimate of drug-likeness (QED) is 0.804. The van der Waals surface area contributed by atoms with Gasteiger partial charge in [0, 0.05) is 15.8 Å². The third-order valence-electron chi connectivity index (χ3n) is 3.01. The van der Waals surface area contributed by atoms with Crippen molar-refractivity contribution in [3.63, 3.8) is 0 Å². The van der Waals surface area contributed by atoms with Gasteiger partial charge >= 0.3 is 0 Å². The molecule has 1 nitrogen and oxygen atoms in total. The average Bonchev–Trinajstić information content (AvgIpc) is 2.43. The first kappa shape index (κ1) is 15.4. The molecule has 2 aromatic rings. The summed E-state index contributed by atoms with van der Waals surface area (Å²) in [7, 11) is 0. The summed E-state index contributed by atoms with van der Waals surface area (Å²) in [6.45, 7) is 4.92. The molecule has 0 fully saturated rings. The van der Waals surface area contributed by atoms with Crippen molar-refractivity contribution in [1.82, 2.24) is 5.32 Å². The first-order chi connectivity index (χ1) is 9.61. The summed E-state index contributed by atoms with van der Waals surface area (Å²) in [5, 5.41) is 4.03. The highest BCUT2D eigenvalue weighted by Gasteiger charge is 2.13. The zero-order chi connectivity index (χ0) is 14.5. The molecule has 0 amide bonds. The van der Waals surface area contributed by atoms with Gasteiger partial charge in [-0.05, 0) is 49.4 Å². The van der Waals surface area contributed by atoms with Crippen molar-refractivity contribution in [2.75, 3.05) is 6.54 Å². The fourth-order valence-electron chi connectivity index (χ4n) is 2.01. The Morgan fingerprint density at radius 3 is 2.65 bits per heavy atom. The number of halogens is 2. The number of nitrogens with one attached hydrogen (secondary N) is 1. The predicted octanol–water partition coefficient (Wildman–Crippen LogP) is 5.30. The molecule has 2 rings (SSSR count). The molecular weight excluding hydrogens is 293 g/mol. The van der Waals surface area contributed by atoms with E-state index in [4.69, 9.17) is 11.6 Å². The van der Waals surface area contributed by atoms with E-state index in [-0.39, 0.29) is 11.9 Å². The molecule has 0 aliphatic heterocycles. The van der Waals surface area contributed by atoms with Crippen LogP contribution in [0.3, 0.4) is 0 Å². The molecule has 106 valence electrons. The van der Waals surface area contributed by atoms with Gasteiger partial charge in [-0.3, -0.25) is 0 Å². The second-order valence-corrected chi connectivity index (χ2v) is 5.98. The smallest absolute Gasteiger partial charge is 0.123 e. The highest BCUT2D eigenvalue weighted by Crippen LogP contribution is 2.37. The van der Waals surface area contributed by atoms with Gasteiger partial charge in [0.25, 0.3) is 0 Å². The van der Waals surface area contributed by atoms with E-state index in [0.717, 1.165) is 21.9 Å². The zero-order valence-electron chi connectivity index (χ0n) is 11.5. The zero-order valence-corrected chi connectivity index (χ0v) is 13.1. The monoisotopic (exact) mass is 309 g/mol. The first-order valence-corrected chi connectivity index (χ1v) is 7.76. The molecule has 20 heavy (non-hydrogen) atoms. The molecule has 1 atom stereocenters. The second-order valence-electron chi connectivity index (χ2n) is 4.49. The summed E-state index contributed by atoms with van der Waals surface area (Å²) in [5.74, 6) is -0.215. The summed E-state index contributed by atoms with van der Waals surface area (Å²) in [5.41, 5.74) is 0.955. The van der Waals surface area contributed by atoms with E-state index in [1.807, 2.05) is 44.2 Å². The van der Waals surface area contributed by atoms with E-state index < -0.39 is 0 Å². The van der Waals surface area contributed by atoms with Crippen LogP contribution in [0, 0.1) is 5.82 Å². The highest BCUT2D eigenvalue weighted by molar-refractivity contribution is 7.99. The van der Waals surface area contributed by atoms with Crippen molar-refractivity contribution in [2.45, 2.75) is 29.7 Å². The minimum Gasteiger partial charge on any atom is -0.310 e. The summed E-state index contributed by atoms with van der Waals surface area (Å²) >= 11 is 7.75. The molecule has 4 heteroatoms. The Kier molecular flexibility index (Phi) is 5.46. The van der Waals surface area contributed by atoms with Crippen LogP contribution in [0.15, 0.2) is 52.3 Å². The Bertz CT molecular complexity index is 588. The van der Waals surface area contributed by atoms with E-state index in [2.05, 4.69) is 5.32 Å². The molecule has 0 saturated heterocycles. The van der Waals surface area contributed by atoms with Crippen LogP contribution in [-0.2, 0) is 0 Å². The van der Waals surface area contributed by atoms with Gasteiger partial charge in [-0.1, -0.05) is 42.4 Å². The predicted molar refractivity (Wildman–Crippen MR) is 84.1 cm³/mol. The largest absolute Gasteiger partial charge is 0.310 e. The maximum atomic E-state index is 13.5. The van der Waals surface area contributed by atoms with E-state index in [0.29, 0.717) is 5.02 Å². The lowest BCUT2D eigenvalue weighted by Gasteiger charge is -2.17. The van der Waals surface area contributed by atoms with E-state index in [1.165, 1.54) is 6.07 Å². The van der Waals surface area contributed by atoms with Crippen molar-refractivity contribution in [1.29, 1.82) is 0 Å². The van der Waals surface area contributed by atoms with Gasteiger partial charge in [0.2, 0.25) is 0 Å². The number of rotatable bonds is 5. The van der Waals surface area contributed by atoms with Crippen LogP contribution in [-0.4, -0.2) is 6.54 Å². The molecule has 0 aliphatic carbocycles. The minimum absolute atomic E-state index is 0.0979. The molecule has 0 heterocycles. The standard InChI is InChI=1S/C16H17ClFNS/c1-3-19-11(2)13-10-12(18)8-9-15(13)20-16-7-5-4-6-14(16)17/h4-11,19H,3H2,1-2H3. The summed E-state index contributed by atoms with van der Waals surface area (Å²) in [6.07, 6.45) is 0.